The first kappa shape index (κ1) is 22.1. The van der Waals surface area contributed by atoms with Crippen LogP contribution in [0.25, 0.3) is 0 Å². The number of anilines is 4. The van der Waals surface area contributed by atoms with Crippen LogP contribution in [0.15, 0.2) is 54.9 Å². The smallest absolute Gasteiger partial charge is 0.367 e. The van der Waals surface area contributed by atoms with E-state index >= 15 is 0 Å². The molecule has 12 heteroatoms. The zero-order valence-corrected chi connectivity index (χ0v) is 16.6. The summed E-state index contributed by atoms with van der Waals surface area (Å²) in [6.07, 6.45) is -1.31. The van der Waals surface area contributed by atoms with E-state index in [4.69, 9.17) is 11.6 Å². The van der Waals surface area contributed by atoms with E-state index in [1.54, 1.807) is 36.7 Å². The number of alkyl halides is 3. The second kappa shape index (κ2) is 9.94. The van der Waals surface area contributed by atoms with Crippen LogP contribution in [0, 0.1) is 0 Å². The molecule has 0 bridgehead atoms. The third-order valence-corrected chi connectivity index (χ3v) is 4.19. The summed E-state index contributed by atoms with van der Waals surface area (Å²) in [5.74, 6) is 1.05. The summed E-state index contributed by atoms with van der Waals surface area (Å²) in [5, 5.41) is 18.5. The highest BCUT2D eigenvalue weighted by molar-refractivity contribution is 6.31. The van der Waals surface area contributed by atoms with Gasteiger partial charge in [0.25, 0.3) is 0 Å². The molecule has 0 atom stereocenters. The van der Waals surface area contributed by atoms with E-state index in [2.05, 4.69) is 36.4 Å². The van der Waals surface area contributed by atoms with Crippen molar-refractivity contribution in [2.45, 2.75) is 6.18 Å². The molecule has 1 aromatic carbocycles. The third kappa shape index (κ3) is 6.71. The first-order valence-corrected chi connectivity index (χ1v) is 9.35. The number of urea groups is 1. The number of carbonyl (C=O) groups excluding carboxylic acids is 1. The van der Waals surface area contributed by atoms with Crippen LogP contribution in [0.4, 0.5) is 41.0 Å². The second-order valence-electron chi connectivity index (χ2n) is 6.16. The predicted molar refractivity (Wildman–Crippen MR) is 112 cm³/mol. The second-order valence-corrected chi connectivity index (χ2v) is 6.57. The number of rotatable bonds is 7. The van der Waals surface area contributed by atoms with E-state index in [9.17, 15) is 18.0 Å². The number of nitrogens with zero attached hydrogens (tertiary/aromatic N) is 3. The van der Waals surface area contributed by atoms with Crippen LogP contribution in [0.5, 0.6) is 0 Å². The molecule has 0 saturated heterocycles. The van der Waals surface area contributed by atoms with Crippen LogP contribution < -0.4 is 21.3 Å². The van der Waals surface area contributed by atoms with Crippen molar-refractivity contribution in [1.29, 1.82) is 0 Å². The summed E-state index contributed by atoms with van der Waals surface area (Å²) in [6.45, 7) is 0.526. The lowest BCUT2D eigenvalue weighted by Crippen LogP contribution is -2.32. The standard InChI is InChI=1S/C19H17ClF3N7O/c20-15-2-1-13(11-14(15)19(21,22)23)28-18(31)26-10-9-25-16-3-4-17(30-29-16)27-12-5-7-24-8-6-12/h1-8,11H,9-10H2,(H,25,29)(H,24,27,30)(H2,26,28,31). The molecule has 0 radical (unpaired) electrons. The molecule has 3 rings (SSSR count). The highest BCUT2D eigenvalue weighted by Gasteiger charge is 2.33. The van der Waals surface area contributed by atoms with Gasteiger partial charge in [-0.3, -0.25) is 4.98 Å². The molecule has 3 aromatic rings. The first-order chi connectivity index (χ1) is 14.8. The van der Waals surface area contributed by atoms with Gasteiger partial charge < -0.3 is 21.3 Å². The van der Waals surface area contributed by atoms with E-state index < -0.39 is 22.8 Å². The number of amides is 2. The molecule has 31 heavy (non-hydrogen) atoms. The molecular formula is C19H17ClF3N7O. The fraction of sp³-hybridized carbons (Fsp3) is 0.158. The number of halogens is 4. The van der Waals surface area contributed by atoms with Gasteiger partial charge in [0.15, 0.2) is 5.82 Å². The van der Waals surface area contributed by atoms with Gasteiger partial charge in [0.2, 0.25) is 0 Å². The van der Waals surface area contributed by atoms with Gasteiger partial charge in [-0.15, -0.1) is 10.2 Å². The maximum Gasteiger partial charge on any atom is 0.417 e. The monoisotopic (exact) mass is 451 g/mol. The summed E-state index contributed by atoms with van der Waals surface area (Å²) in [6, 6.07) is 9.51. The fourth-order valence-electron chi connectivity index (χ4n) is 2.44. The molecule has 0 aliphatic carbocycles. The Bertz CT molecular complexity index is 1020. The molecule has 4 N–H and O–H groups in total. The summed E-state index contributed by atoms with van der Waals surface area (Å²) in [7, 11) is 0. The number of hydrogen-bond donors (Lipinski definition) is 4. The minimum atomic E-state index is -4.61. The number of carbonyl (C=O) groups is 1. The van der Waals surface area contributed by atoms with Crippen molar-refractivity contribution in [2.75, 3.05) is 29.0 Å². The van der Waals surface area contributed by atoms with Crippen LogP contribution in [-0.4, -0.2) is 34.3 Å². The lowest BCUT2D eigenvalue weighted by Gasteiger charge is -2.12. The zero-order valence-electron chi connectivity index (χ0n) is 15.9. The quantitative estimate of drug-likeness (QED) is 0.394. The average molecular weight is 452 g/mol. The molecule has 2 aromatic heterocycles. The van der Waals surface area contributed by atoms with Crippen LogP contribution in [0.1, 0.15) is 5.56 Å². The van der Waals surface area contributed by atoms with Crippen LogP contribution >= 0.6 is 11.6 Å². The number of benzene rings is 1. The largest absolute Gasteiger partial charge is 0.417 e. The Hall–Kier alpha value is -3.60. The van der Waals surface area contributed by atoms with Gasteiger partial charge in [0.05, 0.1) is 10.6 Å². The summed E-state index contributed by atoms with van der Waals surface area (Å²) in [4.78, 5) is 15.8. The summed E-state index contributed by atoms with van der Waals surface area (Å²) >= 11 is 5.55. The summed E-state index contributed by atoms with van der Waals surface area (Å²) in [5.41, 5.74) is -0.220. The van der Waals surface area contributed by atoms with Crippen molar-refractivity contribution in [3.63, 3.8) is 0 Å². The van der Waals surface area contributed by atoms with E-state index in [0.717, 1.165) is 17.8 Å². The Morgan fingerprint density at radius 3 is 2.32 bits per heavy atom. The number of aromatic nitrogens is 3. The minimum absolute atomic E-state index is 0.0228. The van der Waals surface area contributed by atoms with E-state index in [-0.39, 0.29) is 12.2 Å². The van der Waals surface area contributed by atoms with Crippen molar-refractivity contribution in [3.05, 3.63) is 65.4 Å². The minimum Gasteiger partial charge on any atom is -0.367 e. The van der Waals surface area contributed by atoms with Gasteiger partial charge >= 0.3 is 12.2 Å². The van der Waals surface area contributed by atoms with Gasteiger partial charge in [-0.25, -0.2) is 4.79 Å². The van der Waals surface area contributed by atoms with E-state index in [1.165, 1.54) is 6.07 Å². The molecule has 0 aliphatic rings. The summed E-state index contributed by atoms with van der Waals surface area (Å²) < 4.78 is 38.6. The molecule has 2 amide bonds. The van der Waals surface area contributed by atoms with Gasteiger partial charge in [-0.1, -0.05) is 11.6 Å². The predicted octanol–water partition coefficient (Wildman–Crippen LogP) is 4.52. The Balaban J connectivity index is 1.42. The van der Waals surface area contributed by atoms with Crippen molar-refractivity contribution in [3.8, 4) is 0 Å². The molecule has 0 unspecified atom stereocenters. The Morgan fingerprint density at radius 1 is 0.935 bits per heavy atom. The highest BCUT2D eigenvalue weighted by Crippen LogP contribution is 2.36. The van der Waals surface area contributed by atoms with E-state index in [0.29, 0.717) is 18.2 Å². The van der Waals surface area contributed by atoms with Crippen molar-refractivity contribution in [2.24, 2.45) is 0 Å². The highest BCUT2D eigenvalue weighted by atomic mass is 35.5. The van der Waals surface area contributed by atoms with Crippen molar-refractivity contribution >= 4 is 40.6 Å². The molecule has 162 valence electrons. The van der Waals surface area contributed by atoms with Crippen molar-refractivity contribution in [1.82, 2.24) is 20.5 Å². The lowest BCUT2D eigenvalue weighted by molar-refractivity contribution is -0.137. The van der Waals surface area contributed by atoms with Crippen LogP contribution in [-0.2, 0) is 6.18 Å². The Kier molecular flexibility index (Phi) is 7.08. The Labute approximate surface area is 180 Å². The molecule has 0 saturated carbocycles. The zero-order chi connectivity index (χ0) is 22.3. The van der Waals surface area contributed by atoms with Gasteiger partial charge in [0.1, 0.15) is 5.82 Å². The fourth-order valence-corrected chi connectivity index (χ4v) is 2.66. The van der Waals surface area contributed by atoms with Gasteiger partial charge in [0, 0.05) is 36.9 Å². The SMILES string of the molecule is O=C(NCCNc1ccc(Nc2ccncc2)nn1)Nc1ccc(Cl)c(C(F)(F)F)c1. The molecule has 0 aliphatic heterocycles. The third-order valence-electron chi connectivity index (χ3n) is 3.86. The van der Waals surface area contributed by atoms with Crippen molar-refractivity contribution < 1.29 is 18.0 Å². The Morgan fingerprint density at radius 2 is 1.65 bits per heavy atom. The topological polar surface area (TPSA) is 104 Å². The molecular weight excluding hydrogens is 435 g/mol. The number of hydrogen-bond acceptors (Lipinski definition) is 6. The maximum atomic E-state index is 12.9. The molecule has 2 heterocycles. The maximum absolute atomic E-state index is 12.9. The number of pyridine rings is 1. The van der Waals surface area contributed by atoms with E-state index in [1.807, 2.05) is 0 Å². The van der Waals surface area contributed by atoms with Crippen LogP contribution in [0.2, 0.25) is 5.02 Å². The molecule has 0 spiro atoms. The number of nitrogens with one attached hydrogen (secondary N) is 4. The first-order valence-electron chi connectivity index (χ1n) is 8.97. The lowest BCUT2D eigenvalue weighted by atomic mass is 10.2. The van der Waals surface area contributed by atoms with Gasteiger partial charge in [-0.2, -0.15) is 13.2 Å². The van der Waals surface area contributed by atoms with Crippen LogP contribution in [0.3, 0.4) is 0 Å². The average Bonchev–Trinajstić information content (AvgIpc) is 2.74. The molecule has 8 nitrogen and oxygen atoms in total. The normalized spacial score (nSPS) is 11.0. The van der Waals surface area contributed by atoms with Gasteiger partial charge in [-0.05, 0) is 42.5 Å². The molecule has 0 fully saturated rings.